The Morgan fingerprint density at radius 2 is 0.360 bits per heavy atom. The molecule has 4 nitrogen and oxygen atoms in total. The second-order valence-electron chi connectivity index (χ2n) is 24.3. The molecule has 0 radical (unpaired) electrons. The summed E-state index contributed by atoms with van der Waals surface area (Å²) in [6.45, 7) is 0. The molecule has 0 aliphatic heterocycles. The van der Waals surface area contributed by atoms with Crippen LogP contribution >= 0.6 is 0 Å². The van der Waals surface area contributed by atoms with Crippen LogP contribution in [0, 0.1) is 0 Å². The number of fused-ring (bicyclic) bond motifs is 2. The van der Waals surface area contributed by atoms with Gasteiger partial charge in [-0.05, 0) is 22.3 Å². The van der Waals surface area contributed by atoms with Gasteiger partial charge in [-0.3, -0.25) is 0 Å². The average molecular weight is 1230 g/mol. The van der Waals surface area contributed by atoms with Crippen molar-refractivity contribution in [2.75, 3.05) is 19.6 Å². The van der Waals surface area contributed by atoms with E-state index in [1.165, 1.54) is 31.0 Å². The Morgan fingerprint density at radius 3 is 0.616 bits per heavy atom. The first-order chi connectivity index (χ1) is 41.9. The summed E-state index contributed by atoms with van der Waals surface area (Å²) in [6, 6.07) is 116. The maximum absolute atomic E-state index is 2.51. The van der Waals surface area contributed by atoms with Crippen molar-refractivity contribution in [3.63, 3.8) is 0 Å². The van der Waals surface area contributed by atoms with E-state index in [0.717, 1.165) is 89.8 Å². The van der Waals surface area contributed by atoms with E-state index in [0.29, 0.717) is 0 Å². The Balaban J connectivity index is 0.972. The zero-order chi connectivity index (χ0) is 58.8. The topological polar surface area (TPSA) is 13.0 Å². The number of benzene rings is 13. The quantitative estimate of drug-likeness (QED) is 0.0543. The van der Waals surface area contributed by atoms with E-state index in [-0.39, 0.29) is 0 Å². The molecule has 0 N–H and O–H groups in total. The summed E-state index contributed by atoms with van der Waals surface area (Å²) >= 11 is -4.39. The third-order valence-corrected chi connectivity index (χ3v) is 25.2. The van der Waals surface area contributed by atoms with Crippen LogP contribution in [0.15, 0.2) is 315 Å². The Labute approximate surface area is 513 Å². The van der Waals surface area contributed by atoms with Crippen LogP contribution in [0.3, 0.4) is 0 Å². The second-order valence-corrected chi connectivity index (χ2v) is 45.6. The summed E-state index contributed by atoms with van der Waals surface area (Å²) in [6.07, 6.45) is 0. The maximum atomic E-state index is 2.51. The van der Waals surface area contributed by atoms with Crippen molar-refractivity contribution < 1.29 is 0 Å². The zero-order valence-corrected chi connectivity index (χ0v) is 54.0. The average Bonchev–Trinajstić information content (AvgIpc) is 0.978. The second kappa shape index (κ2) is 24.0. The van der Waals surface area contributed by atoms with Gasteiger partial charge in [0.05, 0.1) is 0 Å². The normalized spacial score (nSPS) is 11.6. The van der Waals surface area contributed by atoms with Crippen molar-refractivity contribution in [1.29, 1.82) is 0 Å². The first kappa shape index (κ1) is 55.8. The van der Waals surface area contributed by atoms with E-state index in [1.807, 2.05) is 0 Å². The summed E-state index contributed by atoms with van der Waals surface area (Å²) < 4.78 is 2.95. The third kappa shape index (κ3) is 11.4. The van der Waals surface area contributed by atoms with Crippen LogP contribution in [0.5, 0.6) is 0 Å². The van der Waals surface area contributed by atoms with Crippen LogP contribution in [-0.4, -0.2) is 26.5 Å². The van der Waals surface area contributed by atoms with Crippen molar-refractivity contribution >= 4 is 125 Å². The molecule has 0 heterocycles. The van der Waals surface area contributed by atoms with Gasteiger partial charge in [-0.2, -0.15) is 0 Å². The van der Waals surface area contributed by atoms with Crippen LogP contribution in [-0.2, 0) is 0 Å². The minimum absolute atomic E-state index is 1.07. The SMILES string of the molecule is [CH3][Ge]([CH3])([CH3])[c]1ccc(N(c2ccc(N(c3ccccc3)c3ccc(-c4ccccc4)cc3)cc2)c2c3ccccc3c(N(c3ccc(N(c4ccccc4)c4ccc(-c5ccccc5)cc4)cc3)c3cc[c]([Ge]([CH3])([CH3])[CH3])cc3)c3ccccc23)cc1. The molecule has 0 saturated carbocycles. The molecule has 0 amide bonds. The minimum atomic E-state index is -2.20. The fraction of sp³-hybridized carbons (Fsp3) is 0.0750. The Kier molecular flexibility index (Phi) is 15.6. The van der Waals surface area contributed by atoms with Crippen molar-refractivity contribution in [1.82, 2.24) is 0 Å². The molecule has 6 heteroatoms. The van der Waals surface area contributed by atoms with E-state index in [1.54, 1.807) is 0 Å². The Morgan fingerprint density at radius 1 is 0.174 bits per heavy atom. The van der Waals surface area contributed by atoms with Gasteiger partial charge in [0.2, 0.25) is 0 Å². The van der Waals surface area contributed by atoms with Crippen LogP contribution in [0.25, 0.3) is 43.8 Å². The molecule has 0 bridgehead atoms. The summed E-state index contributed by atoms with van der Waals surface area (Å²) in [5.74, 6) is 14.8. The Bertz CT molecular complexity index is 4070. The first-order valence-electron chi connectivity index (χ1n) is 29.9. The molecule has 86 heavy (non-hydrogen) atoms. The van der Waals surface area contributed by atoms with Crippen LogP contribution in [0.1, 0.15) is 0 Å². The van der Waals surface area contributed by atoms with Gasteiger partial charge in [0.15, 0.2) is 0 Å². The van der Waals surface area contributed by atoms with Gasteiger partial charge in [0, 0.05) is 0 Å². The summed E-state index contributed by atoms with van der Waals surface area (Å²) in [7, 11) is 0. The summed E-state index contributed by atoms with van der Waals surface area (Å²) in [5, 5.41) is 4.63. The predicted octanol–water partition coefficient (Wildman–Crippen LogP) is 22.3. The molecule has 0 aliphatic carbocycles. The number of nitrogens with zero attached hydrogens (tertiary/aromatic N) is 4. The van der Waals surface area contributed by atoms with Crippen molar-refractivity contribution in [2.24, 2.45) is 0 Å². The molecule has 0 fully saturated rings. The van der Waals surface area contributed by atoms with Gasteiger partial charge in [-0.15, -0.1) is 0 Å². The first-order valence-corrected chi connectivity index (χ1v) is 44.6. The molecule has 418 valence electrons. The van der Waals surface area contributed by atoms with E-state index in [4.69, 9.17) is 0 Å². The number of anilines is 12. The fourth-order valence-corrected chi connectivity index (χ4v) is 16.9. The monoisotopic (exact) mass is 1230 g/mol. The molecule has 0 unspecified atom stereocenters. The third-order valence-electron chi connectivity index (χ3n) is 16.5. The molecule has 0 aliphatic rings. The molecule has 0 saturated heterocycles. The molecule has 13 aromatic rings. The molecule has 0 aromatic heterocycles. The van der Waals surface area contributed by atoms with E-state index < -0.39 is 26.5 Å². The zero-order valence-electron chi connectivity index (χ0n) is 49.8. The van der Waals surface area contributed by atoms with Gasteiger partial charge in [0.25, 0.3) is 0 Å². The molecular formula is C80H70Ge2N4. The van der Waals surface area contributed by atoms with Crippen molar-refractivity contribution in [3.8, 4) is 22.3 Å². The van der Waals surface area contributed by atoms with Crippen LogP contribution in [0.4, 0.5) is 68.2 Å². The van der Waals surface area contributed by atoms with Crippen LogP contribution in [0.2, 0.25) is 34.5 Å². The van der Waals surface area contributed by atoms with E-state index in [9.17, 15) is 0 Å². The molecule has 13 aromatic carbocycles. The number of hydrogen-bond acceptors (Lipinski definition) is 4. The summed E-state index contributed by atoms with van der Waals surface area (Å²) in [5.41, 5.74) is 17.9. The van der Waals surface area contributed by atoms with Gasteiger partial charge >= 0.3 is 373 Å². The fourth-order valence-electron chi connectivity index (χ4n) is 12.0. The van der Waals surface area contributed by atoms with Crippen molar-refractivity contribution in [3.05, 3.63) is 315 Å². The van der Waals surface area contributed by atoms with E-state index >= 15 is 0 Å². The number of rotatable bonds is 16. The predicted molar refractivity (Wildman–Crippen MR) is 377 cm³/mol. The van der Waals surface area contributed by atoms with E-state index in [2.05, 4.69) is 370 Å². The standard InChI is InChI=1S/C80H70Ge2N4/c1-81(2,3)63-39-47-71(48-40-63)85(73-55-51-69(52-56-73)83(65-27-15-9-16-28-65)67-43-35-61(36-44-67)59-23-11-7-12-24-59)79-75-31-19-21-33-77(75)80(78-34-22-20-32-76(78)79)86(72-49-41-64(42-50-72)82(4,5)6)74-57-53-70(54-58-74)84(66-29-17-10-18-30-66)68-45-37-62(38-46-68)60-25-13-8-14-26-60/h7-58H,1-6H3. The molecule has 0 spiro atoms. The molecule has 0 atom stereocenters. The van der Waals surface area contributed by atoms with Gasteiger partial charge in [0.1, 0.15) is 0 Å². The van der Waals surface area contributed by atoms with Gasteiger partial charge in [-0.25, -0.2) is 0 Å². The number of para-hydroxylation sites is 2. The van der Waals surface area contributed by atoms with Gasteiger partial charge in [-0.1, -0.05) is 121 Å². The Hall–Kier alpha value is -9.33. The van der Waals surface area contributed by atoms with Crippen molar-refractivity contribution in [2.45, 2.75) is 34.5 Å². The van der Waals surface area contributed by atoms with Gasteiger partial charge < -0.3 is 0 Å². The van der Waals surface area contributed by atoms with Crippen LogP contribution < -0.4 is 28.4 Å². The summed E-state index contributed by atoms with van der Waals surface area (Å²) in [4.78, 5) is 9.72. The molecular weight excluding hydrogens is 1160 g/mol. The molecule has 13 rings (SSSR count). The number of hydrogen-bond donors (Lipinski definition) is 0.